The Hall–Kier alpha value is -0.120. The van der Waals surface area contributed by atoms with Crippen molar-refractivity contribution in [3.8, 4) is 0 Å². The van der Waals surface area contributed by atoms with Gasteiger partial charge in [0.05, 0.1) is 0 Å². The van der Waals surface area contributed by atoms with Gasteiger partial charge in [-0.05, 0) is 44.5 Å². The Kier molecular flexibility index (Phi) is 6.45. The summed E-state index contributed by atoms with van der Waals surface area (Å²) in [6.07, 6.45) is 0.971. The van der Waals surface area contributed by atoms with Gasteiger partial charge in [-0.1, -0.05) is 22.0 Å². The Labute approximate surface area is 116 Å². The third kappa shape index (κ3) is 4.94. The van der Waals surface area contributed by atoms with E-state index in [4.69, 9.17) is 11.6 Å². The largest absolute Gasteiger partial charge is 0.297 e. The molecule has 0 aliphatic carbocycles. The maximum Gasteiger partial charge on any atom is 0.124 e. The molecule has 1 rings (SSSR count). The molecule has 0 radical (unpaired) electrons. The molecule has 0 aliphatic rings. The van der Waals surface area contributed by atoms with Crippen molar-refractivity contribution >= 4 is 27.5 Å². The SMILES string of the molecule is CC(C)N(CCCCl)Cc1ccc(F)cc1Br. The number of hydrogen-bond acceptors (Lipinski definition) is 1. The summed E-state index contributed by atoms with van der Waals surface area (Å²) in [5.74, 6) is 0.464. The van der Waals surface area contributed by atoms with Crippen LogP contribution in [0.2, 0.25) is 0 Å². The van der Waals surface area contributed by atoms with Crippen molar-refractivity contribution in [2.24, 2.45) is 0 Å². The van der Waals surface area contributed by atoms with Crippen LogP contribution in [0.15, 0.2) is 22.7 Å². The topological polar surface area (TPSA) is 3.24 Å². The van der Waals surface area contributed by atoms with E-state index in [9.17, 15) is 4.39 Å². The average molecular weight is 323 g/mol. The van der Waals surface area contributed by atoms with E-state index in [2.05, 4.69) is 34.7 Å². The number of alkyl halides is 1. The van der Waals surface area contributed by atoms with Gasteiger partial charge in [0, 0.05) is 22.9 Å². The highest BCUT2D eigenvalue weighted by molar-refractivity contribution is 9.10. The highest BCUT2D eigenvalue weighted by Crippen LogP contribution is 2.20. The molecule has 96 valence electrons. The van der Waals surface area contributed by atoms with Crippen molar-refractivity contribution in [1.82, 2.24) is 4.90 Å². The standard InChI is InChI=1S/C13H18BrClFN/c1-10(2)17(7-3-6-15)9-11-4-5-12(16)8-13(11)14/h4-5,8,10H,3,6-7,9H2,1-2H3. The molecule has 0 heterocycles. The average Bonchev–Trinajstić information content (AvgIpc) is 2.26. The molecule has 0 aromatic heterocycles. The van der Waals surface area contributed by atoms with Gasteiger partial charge in [0.1, 0.15) is 5.82 Å². The zero-order valence-electron chi connectivity index (χ0n) is 10.2. The first-order chi connectivity index (χ1) is 8.04. The summed E-state index contributed by atoms with van der Waals surface area (Å²) in [5.41, 5.74) is 1.11. The van der Waals surface area contributed by atoms with Gasteiger partial charge in [0.15, 0.2) is 0 Å². The first kappa shape index (κ1) is 14.9. The Bertz CT molecular complexity index is 357. The summed E-state index contributed by atoms with van der Waals surface area (Å²) in [5, 5.41) is 0. The van der Waals surface area contributed by atoms with E-state index in [1.54, 1.807) is 0 Å². The molecule has 4 heteroatoms. The van der Waals surface area contributed by atoms with Crippen LogP contribution in [0.1, 0.15) is 25.8 Å². The highest BCUT2D eigenvalue weighted by atomic mass is 79.9. The number of nitrogens with zero attached hydrogens (tertiary/aromatic N) is 1. The molecule has 0 bridgehead atoms. The van der Waals surface area contributed by atoms with E-state index >= 15 is 0 Å². The van der Waals surface area contributed by atoms with Crippen LogP contribution in [0, 0.1) is 5.82 Å². The number of halogens is 3. The van der Waals surface area contributed by atoms with Gasteiger partial charge in [0.25, 0.3) is 0 Å². The minimum atomic E-state index is -0.211. The van der Waals surface area contributed by atoms with E-state index in [0.717, 1.165) is 29.5 Å². The lowest BCUT2D eigenvalue weighted by Crippen LogP contribution is -2.31. The lowest BCUT2D eigenvalue weighted by atomic mass is 10.2. The van der Waals surface area contributed by atoms with E-state index in [0.29, 0.717) is 11.9 Å². The fourth-order valence-electron chi connectivity index (χ4n) is 1.65. The lowest BCUT2D eigenvalue weighted by Gasteiger charge is -2.26. The molecule has 1 aromatic rings. The molecule has 1 nitrogen and oxygen atoms in total. The van der Waals surface area contributed by atoms with Crippen molar-refractivity contribution in [3.05, 3.63) is 34.1 Å². The molecule has 0 N–H and O–H groups in total. The fraction of sp³-hybridized carbons (Fsp3) is 0.538. The van der Waals surface area contributed by atoms with Crippen molar-refractivity contribution < 1.29 is 4.39 Å². The van der Waals surface area contributed by atoms with Gasteiger partial charge in [0.2, 0.25) is 0 Å². The molecule has 0 saturated carbocycles. The van der Waals surface area contributed by atoms with Crippen molar-refractivity contribution in [3.63, 3.8) is 0 Å². The molecular weight excluding hydrogens is 305 g/mol. The van der Waals surface area contributed by atoms with Crippen LogP contribution >= 0.6 is 27.5 Å². The summed E-state index contributed by atoms with van der Waals surface area (Å²) in [7, 11) is 0. The summed E-state index contributed by atoms with van der Waals surface area (Å²) in [6.45, 7) is 6.09. The van der Waals surface area contributed by atoms with Crippen molar-refractivity contribution in [2.75, 3.05) is 12.4 Å². The molecule has 0 atom stereocenters. The molecule has 1 aromatic carbocycles. The van der Waals surface area contributed by atoms with Gasteiger partial charge in [-0.25, -0.2) is 4.39 Å². The van der Waals surface area contributed by atoms with Crippen LogP contribution in [0.3, 0.4) is 0 Å². The Morgan fingerprint density at radius 2 is 2.12 bits per heavy atom. The van der Waals surface area contributed by atoms with E-state index in [1.165, 1.54) is 12.1 Å². The third-order valence-electron chi connectivity index (χ3n) is 2.70. The zero-order chi connectivity index (χ0) is 12.8. The molecule has 0 saturated heterocycles. The minimum Gasteiger partial charge on any atom is -0.297 e. The number of hydrogen-bond donors (Lipinski definition) is 0. The highest BCUT2D eigenvalue weighted by Gasteiger charge is 2.11. The minimum absolute atomic E-state index is 0.211. The van der Waals surface area contributed by atoms with Crippen LogP contribution in [0.5, 0.6) is 0 Å². The van der Waals surface area contributed by atoms with Gasteiger partial charge in [-0.15, -0.1) is 11.6 Å². The second-order valence-electron chi connectivity index (χ2n) is 4.34. The third-order valence-corrected chi connectivity index (χ3v) is 3.70. The summed E-state index contributed by atoms with van der Waals surface area (Å²) < 4.78 is 13.8. The maximum atomic E-state index is 13.0. The summed E-state index contributed by atoms with van der Waals surface area (Å²) in [6, 6.07) is 5.29. The Morgan fingerprint density at radius 3 is 2.65 bits per heavy atom. The normalized spacial score (nSPS) is 11.5. The Balaban J connectivity index is 2.71. The van der Waals surface area contributed by atoms with Crippen LogP contribution in [0.25, 0.3) is 0 Å². The second kappa shape index (κ2) is 7.34. The second-order valence-corrected chi connectivity index (χ2v) is 5.57. The molecular formula is C13H18BrClFN. The predicted octanol–water partition coefficient (Wildman–Crippen LogP) is 4.43. The first-order valence-electron chi connectivity index (χ1n) is 5.78. The Morgan fingerprint density at radius 1 is 1.41 bits per heavy atom. The van der Waals surface area contributed by atoms with E-state index < -0.39 is 0 Å². The molecule has 0 spiro atoms. The molecule has 0 unspecified atom stereocenters. The smallest absolute Gasteiger partial charge is 0.124 e. The number of rotatable bonds is 6. The van der Waals surface area contributed by atoms with Crippen LogP contribution < -0.4 is 0 Å². The maximum absolute atomic E-state index is 13.0. The van der Waals surface area contributed by atoms with Crippen LogP contribution in [0.4, 0.5) is 4.39 Å². The van der Waals surface area contributed by atoms with Gasteiger partial charge < -0.3 is 0 Å². The molecule has 17 heavy (non-hydrogen) atoms. The number of benzene rings is 1. The van der Waals surface area contributed by atoms with Gasteiger partial charge >= 0.3 is 0 Å². The van der Waals surface area contributed by atoms with E-state index in [1.807, 2.05) is 6.07 Å². The quantitative estimate of drug-likeness (QED) is 0.700. The van der Waals surface area contributed by atoms with E-state index in [-0.39, 0.29) is 5.82 Å². The van der Waals surface area contributed by atoms with Gasteiger partial charge in [-0.3, -0.25) is 4.90 Å². The first-order valence-corrected chi connectivity index (χ1v) is 7.11. The van der Waals surface area contributed by atoms with Crippen molar-refractivity contribution in [2.45, 2.75) is 32.9 Å². The van der Waals surface area contributed by atoms with Crippen LogP contribution in [-0.4, -0.2) is 23.4 Å². The monoisotopic (exact) mass is 321 g/mol. The molecule has 0 fully saturated rings. The fourth-order valence-corrected chi connectivity index (χ4v) is 2.25. The van der Waals surface area contributed by atoms with Crippen molar-refractivity contribution in [1.29, 1.82) is 0 Å². The van der Waals surface area contributed by atoms with Gasteiger partial charge in [-0.2, -0.15) is 0 Å². The molecule has 0 amide bonds. The lowest BCUT2D eigenvalue weighted by molar-refractivity contribution is 0.213. The summed E-state index contributed by atoms with van der Waals surface area (Å²) in [4.78, 5) is 2.33. The predicted molar refractivity (Wildman–Crippen MR) is 75.0 cm³/mol. The van der Waals surface area contributed by atoms with Crippen LogP contribution in [-0.2, 0) is 6.54 Å². The summed E-state index contributed by atoms with van der Waals surface area (Å²) >= 11 is 9.12. The molecule has 0 aliphatic heterocycles. The zero-order valence-corrected chi connectivity index (χ0v) is 12.6.